The quantitative estimate of drug-likeness (QED) is 0.373. The first-order chi connectivity index (χ1) is 15.8. The summed E-state index contributed by atoms with van der Waals surface area (Å²) in [6.45, 7) is 8.34. The van der Waals surface area contributed by atoms with Crippen molar-refractivity contribution in [2.24, 2.45) is 0 Å². The van der Waals surface area contributed by atoms with E-state index in [9.17, 15) is 4.79 Å². The fourth-order valence-electron chi connectivity index (χ4n) is 3.47. The highest BCUT2D eigenvalue weighted by Gasteiger charge is 2.40. The number of hydrogen-bond donors (Lipinski definition) is 0. The molecule has 1 heterocycles. The SMILES string of the molecule is CC(=O)N(C)c1ccc(C(C)(C)C)cc1[S+]1c2ccccc2Sc2ccccc21.[O-][Cl+3]([O-])([O-])[O-]. The van der Waals surface area contributed by atoms with E-state index in [4.69, 9.17) is 18.6 Å². The molecule has 180 valence electrons. The number of halogens is 1. The molecule has 0 fully saturated rings. The fourth-order valence-corrected chi connectivity index (χ4v) is 7.43. The number of benzene rings is 3. The molecule has 0 aliphatic carbocycles. The van der Waals surface area contributed by atoms with Gasteiger partial charge in [-0.05, 0) is 41.3 Å². The zero-order chi connectivity index (χ0) is 25.3. The Hall–Kier alpha value is -2.04. The van der Waals surface area contributed by atoms with Crippen LogP contribution in [0.1, 0.15) is 33.3 Å². The van der Waals surface area contributed by atoms with Gasteiger partial charge in [-0.1, -0.05) is 62.9 Å². The smallest absolute Gasteiger partial charge is 0.223 e. The van der Waals surface area contributed by atoms with E-state index in [-0.39, 0.29) is 22.2 Å². The second kappa shape index (κ2) is 10.3. The molecule has 0 spiro atoms. The molecule has 4 rings (SSSR count). The first-order valence-corrected chi connectivity index (χ1v) is 13.7. The Labute approximate surface area is 209 Å². The zero-order valence-corrected chi connectivity index (χ0v) is 21.9. The minimum absolute atomic E-state index is 0.0367. The number of carbonyl (C=O) groups excluding carboxylic acids is 1. The Morgan fingerprint density at radius 3 is 1.76 bits per heavy atom. The first kappa shape index (κ1) is 26.6. The molecule has 3 aromatic carbocycles. The summed E-state index contributed by atoms with van der Waals surface area (Å²) < 4.78 is 34.0. The molecule has 6 nitrogen and oxygen atoms in total. The van der Waals surface area contributed by atoms with Gasteiger partial charge in [0.25, 0.3) is 0 Å². The molecule has 3 aromatic rings. The molecular weight excluding hydrogens is 494 g/mol. The Morgan fingerprint density at radius 2 is 1.32 bits per heavy atom. The summed E-state index contributed by atoms with van der Waals surface area (Å²) >= 11 is 1.84. The maximum absolute atomic E-state index is 12.3. The summed E-state index contributed by atoms with van der Waals surface area (Å²) in [6, 6.07) is 24.0. The number of nitrogens with zero attached hydrogens (tertiary/aromatic N) is 1. The molecule has 0 radical (unpaired) electrons. The molecule has 0 saturated heterocycles. The normalized spacial score (nSPS) is 13.3. The minimum Gasteiger partial charge on any atom is -0.311 e. The number of carbonyl (C=O) groups is 1. The molecule has 0 bridgehead atoms. The van der Waals surface area contributed by atoms with Crippen molar-refractivity contribution in [3.05, 3.63) is 72.3 Å². The summed E-state index contributed by atoms with van der Waals surface area (Å²) in [6.07, 6.45) is 0. The lowest BCUT2D eigenvalue weighted by Crippen LogP contribution is -2.68. The molecule has 0 unspecified atom stereocenters. The van der Waals surface area contributed by atoms with Gasteiger partial charge in [0.15, 0.2) is 14.7 Å². The van der Waals surface area contributed by atoms with Crippen LogP contribution in [0.4, 0.5) is 5.69 Å². The van der Waals surface area contributed by atoms with E-state index in [1.807, 2.05) is 18.8 Å². The van der Waals surface area contributed by atoms with Crippen LogP contribution in [-0.4, -0.2) is 13.0 Å². The molecule has 0 saturated carbocycles. The number of anilines is 1. The third-order valence-electron chi connectivity index (χ3n) is 5.24. The van der Waals surface area contributed by atoms with Crippen molar-refractivity contribution in [2.75, 3.05) is 11.9 Å². The Bertz CT molecular complexity index is 1140. The Kier molecular flexibility index (Phi) is 8.04. The van der Waals surface area contributed by atoms with Crippen LogP contribution in [0, 0.1) is 10.2 Å². The second-order valence-corrected chi connectivity index (χ2v) is 12.5. The third-order valence-corrected chi connectivity index (χ3v) is 9.01. The minimum atomic E-state index is -4.94. The van der Waals surface area contributed by atoms with Gasteiger partial charge in [0.2, 0.25) is 5.91 Å². The average molecular weight is 520 g/mol. The van der Waals surface area contributed by atoms with E-state index in [1.54, 1.807) is 11.8 Å². The van der Waals surface area contributed by atoms with E-state index >= 15 is 0 Å². The van der Waals surface area contributed by atoms with Gasteiger partial charge in [0, 0.05) is 20.0 Å². The number of fused-ring (bicyclic) bond motifs is 2. The molecule has 9 heteroatoms. The van der Waals surface area contributed by atoms with Crippen molar-refractivity contribution >= 4 is 34.3 Å². The van der Waals surface area contributed by atoms with E-state index < -0.39 is 10.2 Å². The number of amides is 1. The molecule has 34 heavy (non-hydrogen) atoms. The van der Waals surface area contributed by atoms with E-state index in [0.717, 1.165) is 5.69 Å². The van der Waals surface area contributed by atoms with Gasteiger partial charge in [-0.3, -0.25) is 4.79 Å². The average Bonchev–Trinajstić information content (AvgIpc) is 2.74. The number of rotatable bonds is 2. The molecular formula is C25H26ClNO5S2. The van der Waals surface area contributed by atoms with Crippen LogP contribution in [0.2, 0.25) is 0 Å². The van der Waals surface area contributed by atoms with Crippen molar-refractivity contribution < 1.29 is 33.7 Å². The van der Waals surface area contributed by atoms with Crippen LogP contribution < -0.4 is 23.5 Å². The van der Waals surface area contributed by atoms with Gasteiger partial charge in [-0.15, -0.1) is 10.2 Å². The summed E-state index contributed by atoms with van der Waals surface area (Å²) in [7, 11) is -3.34. The maximum atomic E-state index is 12.3. The maximum Gasteiger partial charge on any atom is 0.223 e. The lowest BCUT2D eigenvalue weighted by atomic mass is 9.87. The van der Waals surface area contributed by atoms with E-state index in [2.05, 4.69) is 87.5 Å². The van der Waals surface area contributed by atoms with Gasteiger partial charge in [0.1, 0.15) is 10.9 Å². The third kappa shape index (κ3) is 6.34. The standard InChI is InChI=1S/C25H26NOS2.ClHO4/c1-17(27)26(5)19-15-14-18(25(2,3)4)16-24(19)29-22-12-8-6-10-20(22)28-21-11-7-9-13-23(21)29;2-1(3,4)5/h6-16H,1-5H3;(H,2,3,4,5)/q+1;/p-1. The van der Waals surface area contributed by atoms with Crippen molar-refractivity contribution in [1.29, 1.82) is 0 Å². The summed E-state index contributed by atoms with van der Waals surface area (Å²) in [5.74, 6) is 0.0475. The van der Waals surface area contributed by atoms with Gasteiger partial charge in [-0.2, -0.15) is 0 Å². The summed E-state index contributed by atoms with van der Waals surface area (Å²) in [4.78, 5) is 20.5. The van der Waals surface area contributed by atoms with Crippen LogP contribution in [-0.2, 0) is 21.1 Å². The van der Waals surface area contributed by atoms with Crippen LogP contribution in [0.15, 0.2) is 91.2 Å². The van der Waals surface area contributed by atoms with Crippen LogP contribution in [0.25, 0.3) is 0 Å². The highest BCUT2D eigenvalue weighted by atomic mass is 35.7. The molecule has 0 N–H and O–H groups in total. The monoisotopic (exact) mass is 519 g/mol. The first-order valence-electron chi connectivity index (χ1n) is 10.4. The van der Waals surface area contributed by atoms with E-state index in [1.165, 1.54) is 30.0 Å². The second-order valence-electron chi connectivity index (χ2n) is 8.69. The van der Waals surface area contributed by atoms with Crippen LogP contribution >= 0.6 is 11.8 Å². The van der Waals surface area contributed by atoms with E-state index in [0.29, 0.717) is 0 Å². The largest absolute Gasteiger partial charge is 0.311 e. The van der Waals surface area contributed by atoms with Gasteiger partial charge < -0.3 is 4.90 Å². The van der Waals surface area contributed by atoms with Crippen molar-refractivity contribution in [2.45, 2.75) is 57.6 Å². The highest BCUT2D eigenvalue weighted by molar-refractivity contribution is 8.04. The van der Waals surface area contributed by atoms with Crippen LogP contribution in [0.5, 0.6) is 0 Å². The molecule has 0 atom stereocenters. The van der Waals surface area contributed by atoms with Gasteiger partial charge in [-0.25, -0.2) is 18.6 Å². The lowest BCUT2D eigenvalue weighted by Gasteiger charge is -2.26. The molecule has 1 amide bonds. The lowest BCUT2D eigenvalue weighted by molar-refractivity contribution is -2.00. The van der Waals surface area contributed by atoms with Gasteiger partial charge in [0.05, 0.1) is 15.5 Å². The fraction of sp³-hybridized carbons (Fsp3) is 0.240. The van der Waals surface area contributed by atoms with Crippen molar-refractivity contribution in [1.82, 2.24) is 0 Å². The predicted molar refractivity (Wildman–Crippen MR) is 123 cm³/mol. The summed E-state index contributed by atoms with van der Waals surface area (Å²) in [5, 5.41) is 0. The Morgan fingerprint density at radius 1 is 0.853 bits per heavy atom. The van der Waals surface area contributed by atoms with Crippen molar-refractivity contribution in [3.63, 3.8) is 0 Å². The predicted octanol–water partition coefficient (Wildman–Crippen LogP) is 1.77. The zero-order valence-electron chi connectivity index (χ0n) is 19.5. The summed E-state index contributed by atoms with van der Waals surface area (Å²) in [5.41, 5.74) is 2.31. The molecule has 1 aliphatic rings. The van der Waals surface area contributed by atoms with Crippen molar-refractivity contribution in [3.8, 4) is 0 Å². The van der Waals surface area contributed by atoms with Crippen LogP contribution in [0.3, 0.4) is 0 Å². The number of hydrogen-bond acceptors (Lipinski definition) is 6. The highest BCUT2D eigenvalue weighted by Crippen LogP contribution is 2.50. The molecule has 1 aliphatic heterocycles. The molecule has 0 aromatic heterocycles. The Balaban J connectivity index is 0.000000588. The van der Waals surface area contributed by atoms with Gasteiger partial charge >= 0.3 is 0 Å². The topological polar surface area (TPSA) is 113 Å².